The molecule has 0 saturated heterocycles. The predicted molar refractivity (Wildman–Crippen MR) is 66.6 cm³/mol. The van der Waals surface area contributed by atoms with E-state index in [0.717, 1.165) is 0 Å². The van der Waals surface area contributed by atoms with Gasteiger partial charge in [0.05, 0.1) is 23.5 Å². The van der Waals surface area contributed by atoms with E-state index in [4.69, 9.17) is 10.5 Å². The van der Waals surface area contributed by atoms with Crippen molar-refractivity contribution in [1.29, 1.82) is 10.5 Å². The second-order valence-corrected chi connectivity index (χ2v) is 5.53. The second-order valence-electron chi connectivity index (χ2n) is 3.72. The minimum absolute atomic E-state index is 0.120. The molecule has 1 aromatic rings. The van der Waals surface area contributed by atoms with E-state index in [1.54, 1.807) is 24.3 Å². The van der Waals surface area contributed by atoms with Gasteiger partial charge in [-0.15, -0.1) is 0 Å². The standard InChI is InChI=1S/C12H13N3O2S/c13-7-1-2-8-15-18(16,17)10-12-5-3-11(9-14)4-6-12/h3-6,15H,1-2,8,10H2. The first kappa shape index (κ1) is 14.2. The van der Waals surface area contributed by atoms with E-state index < -0.39 is 10.0 Å². The van der Waals surface area contributed by atoms with Crippen LogP contribution in [-0.2, 0) is 15.8 Å². The summed E-state index contributed by atoms with van der Waals surface area (Å²) in [6, 6.07) is 10.3. The van der Waals surface area contributed by atoms with Gasteiger partial charge in [0.15, 0.2) is 0 Å². The Morgan fingerprint density at radius 3 is 2.39 bits per heavy atom. The van der Waals surface area contributed by atoms with Crippen molar-refractivity contribution in [3.05, 3.63) is 35.4 Å². The van der Waals surface area contributed by atoms with Crippen LogP contribution in [0.15, 0.2) is 24.3 Å². The highest BCUT2D eigenvalue weighted by molar-refractivity contribution is 7.88. The zero-order chi connectivity index (χ0) is 13.4. The van der Waals surface area contributed by atoms with Crippen LogP contribution in [0.1, 0.15) is 24.0 Å². The fourth-order valence-electron chi connectivity index (χ4n) is 1.34. The molecule has 0 amide bonds. The molecule has 0 radical (unpaired) electrons. The molecule has 18 heavy (non-hydrogen) atoms. The van der Waals surface area contributed by atoms with Crippen LogP contribution in [0.4, 0.5) is 0 Å². The molecule has 0 saturated carbocycles. The summed E-state index contributed by atoms with van der Waals surface area (Å²) >= 11 is 0. The van der Waals surface area contributed by atoms with Gasteiger partial charge in [0.25, 0.3) is 0 Å². The van der Waals surface area contributed by atoms with E-state index in [1.807, 2.05) is 12.1 Å². The van der Waals surface area contributed by atoms with Crippen molar-refractivity contribution in [2.75, 3.05) is 6.54 Å². The van der Waals surface area contributed by atoms with E-state index in [1.165, 1.54) is 0 Å². The van der Waals surface area contributed by atoms with Crippen molar-refractivity contribution >= 4 is 10.0 Å². The molecular weight excluding hydrogens is 250 g/mol. The van der Waals surface area contributed by atoms with E-state index >= 15 is 0 Å². The smallest absolute Gasteiger partial charge is 0.215 e. The lowest BCUT2D eigenvalue weighted by molar-refractivity contribution is 0.578. The number of sulfonamides is 1. The molecule has 94 valence electrons. The van der Waals surface area contributed by atoms with Crippen molar-refractivity contribution in [1.82, 2.24) is 4.72 Å². The van der Waals surface area contributed by atoms with Gasteiger partial charge in [0.1, 0.15) is 0 Å². The molecule has 6 heteroatoms. The molecule has 0 unspecified atom stereocenters. The van der Waals surface area contributed by atoms with Gasteiger partial charge in [-0.05, 0) is 24.1 Å². The van der Waals surface area contributed by atoms with Gasteiger partial charge < -0.3 is 0 Å². The maximum absolute atomic E-state index is 11.7. The summed E-state index contributed by atoms with van der Waals surface area (Å²) in [5.41, 5.74) is 1.12. The number of unbranched alkanes of at least 4 members (excludes halogenated alkanes) is 1. The molecule has 0 spiro atoms. The topological polar surface area (TPSA) is 93.8 Å². The van der Waals surface area contributed by atoms with Crippen LogP contribution >= 0.6 is 0 Å². The van der Waals surface area contributed by atoms with Gasteiger partial charge in [-0.25, -0.2) is 13.1 Å². The number of rotatable bonds is 6. The van der Waals surface area contributed by atoms with E-state index in [2.05, 4.69) is 4.72 Å². The van der Waals surface area contributed by atoms with Gasteiger partial charge >= 0.3 is 0 Å². The number of benzene rings is 1. The van der Waals surface area contributed by atoms with E-state index in [9.17, 15) is 8.42 Å². The van der Waals surface area contributed by atoms with Crippen molar-refractivity contribution < 1.29 is 8.42 Å². The largest absolute Gasteiger partial charge is 0.215 e. The van der Waals surface area contributed by atoms with Crippen LogP contribution < -0.4 is 4.72 Å². The number of hydrogen-bond donors (Lipinski definition) is 1. The second kappa shape index (κ2) is 6.75. The summed E-state index contributed by atoms with van der Waals surface area (Å²) in [4.78, 5) is 0. The Hall–Kier alpha value is -1.89. The van der Waals surface area contributed by atoms with Crippen LogP contribution in [0.5, 0.6) is 0 Å². The highest BCUT2D eigenvalue weighted by Crippen LogP contribution is 2.07. The van der Waals surface area contributed by atoms with Crippen molar-refractivity contribution in [2.24, 2.45) is 0 Å². The van der Waals surface area contributed by atoms with Gasteiger partial charge in [-0.2, -0.15) is 10.5 Å². The van der Waals surface area contributed by atoms with Crippen LogP contribution in [0.3, 0.4) is 0 Å². The third-order valence-electron chi connectivity index (χ3n) is 2.23. The Kier molecular flexibility index (Phi) is 5.31. The Labute approximate surface area is 107 Å². The summed E-state index contributed by atoms with van der Waals surface area (Å²) in [6.45, 7) is 0.270. The minimum atomic E-state index is -3.38. The van der Waals surface area contributed by atoms with E-state index in [0.29, 0.717) is 24.0 Å². The summed E-state index contributed by atoms with van der Waals surface area (Å²) < 4.78 is 25.7. The Balaban J connectivity index is 2.54. The van der Waals surface area contributed by atoms with Gasteiger partial charge in [-0.3, -0.25) is 0 Å². The van der Waals surface area contributed by atoms with Crippen molar-refractivity contribution in [3.63, 3.8) is 0 Å². The van der Waals surface area contributed by atoms with Crippen LogP contribution in [0.25, 0.3) is 0 Å². The first-order valence-electron chi connectivity index (χ1n) is 5.41. The molecule has 1 rings (SSSR count). The van der Waals surface area contributed by atoms with Gasteiger partial charge in [-0.1, -0.05) is 12.1 Å². The van der Waals surface area contributed by atoms with Gasteiger partial charge in [0.2, 0.25) is 10.0 Å². The molecule has 0 aliphatic rings. The molecule has 1 aromatic carbocycles. The molecule has 1 N–H and O–H groups in total. The Morgan fingerprint density at radius 1 is 1.17 bits per heavy atom. The molecule has 0 aromatic heterocycles. The van der Waals surface area contributed by atoms with Crippen molar-refractivity contribution in [3.8, 4) is 12.1 Å². The normalized spacial score (nSPS) is 10.6. The zero-order valence-corrected chi connectivity index (χ0v) is 10.6. The number of nitriles is 2. The quantitative estimate of drug-likeness (QED) is 0.782. The molecule has 0 heterocycles. The third kappa shape index (κ3) is 4.96. The first-order chi connectivity index (χ1) is 8.57. The lowest BCUT2D eigenvalue weighted by Crippen LogP contribution is -2.26. The fraction of sp³-hybridized carbons (Fsp3) is 0.333. The minimum Gasteiger partial charge on any atom is -0.215 e. The SMILES string of the molecule is N#CCCCNS(=O)(=O)Cc1ccc(C#N)cc1. The average molecular weight is 263 g/mol. The van der Waals surface area contributed by atoms with Crippen LogP contribution in [-0.4, -0.2) is 15.0 Å². The summed E-state index contributed by atoms with van der Waals surface area (Å²) in [5.74, 6) is -0.120. The summed E-state index contributed by atoms with van der Waals surface area (Å²) in [6.07, 6.45) is 0.836. The Morgan fingerprint density at radius 2 is 1.83 bits per heavy atom. The molecule has 0 fully saturated rings. The highest BCUT2D eigenvalue weighted by atomic mass is 32.2. The number of nitrogens with zero attached hydrogens (tertiary/aromatic N) is 2. The van der Waals surface area contributed by atoms with Crippen molar-refractivity contribution in [2.45, 2.75) is 18.6 Å². The van der Waals surface area contributed by atoms with Gasteiger partial charge in [0, 0.05) is 13.0 Å². The number of nitrogens with one attached hydrogen (secondary N) is 1. The first-order valence-corrected chi connectivity index (χ1v) is 7.06. The average Bonchev–Trinajstić information content (AvgIpc) is 2.35. The molecule has 0 aliphatic heterocycles. The summed E-state index contributed by atoms with van der Waals surface area (Å²) in [7, 11) is -3.38. The van der Waals surface area contributed by atoms with E-state index in [-0.39, 0.29) is 12.3 Å². The zero-order valence-electron chi connectivity index (χ0n) is 9.76. The number of hydrogen-bond acceptors (Lipinski definition) is 4. The third-order valence-corrected chi connectivity index (χ3v) is 3.58. The lowest BCUT2D eigenvalue weighted by Gasteiger charge is -2.05. The lowest BCUT2D eigenvalue weighted by atomic mass is 10.2. The molecule has 0 aliphatic carbocycles. The predicted octanol–water partition coefficient (Wildman–Crippen LogP) is 1.28. The highest BCUT2D eigenvalue weighted by Gasteiger charge is 2.10. The van der Waals surface area contributed by atoms with Crippen LogP contribution in [0.2, 0.25) is 0 Å². The molecular formula is C12H13N3O2S. The molecule has 0 bridgehead atoms. The summed E-state index contributed by atoms with van der Waals surface area (Å²) in [5, 5.41) is 16.9. The monoisotopic (exact) mass is 263 g/mol. The van der Waals surface area contributed by atoms with Crippen LogP contribution in [0, 0.1) is 22.7 Å². The maximum atomic E-state index is 11.7. The maximum Gasteiger partial charge on any atom is 0.215 e. The Bertz CT molecular complexity index is 565. The fourth-order valence-corrected chi connectivity index (χ4v) is 2.53. The molecule has 0 atom stereocenters. The molecule has 5 nitrogen and oxygen atoms in total.